The molecule has 0 amide bonds. The second-order valence-electron chi connectivity index (χ2n) is 3.72. The number of sulfone groups is 1. The summed E-state index contributed by atoms with van der Waals surface area (Å²) in [5.41, 5.74) is -0.894. The van der Waals surface area contributed by atoms with Crippen LogP contribution in [0.3, 0.4) is 0 Å². The van der Waals surface area contributed by atoms with E-state index in [1.54, 1.807) is 0 Å². The number of hydrogen-bond acceptors (Lipinski definition) is 6. The zero-order valence-electron chi connectivity index (χ0n) is 9.90. The van der Waals surface area contributed by atoms with Gasteiger partial charge in [-0.3, -0.25) is 10.1 Å². The van der Waals surface area contributed by atoms with Gasteiger partial charge in [-0.15, -0.1) is 11.8 Å². The summed E-state index contributed by atoms with van der Waals surface area (Å²) < 4.78 is 21.9. The summed E-state index contributed by atoms with van der Waals surface area (Å²) in [6.07, 6.45) is 1.10. The predicted octanol–water partition coefficient (Wildman–Crippen LogP) is 1.43. The van der Waals surface area contributed by atoms with Gasteiger partial charge in [0.1, 0.15) is 15.4 Å². The number of carboxylic acid groups (broad SMARTS) is 1. The van der Waals surface area contributed by atoms with Crippen molar-refractivity contribution in [2.75, 3.05) is 17.8 Å². The monoisotopic (exact) mass is 305 g/mol. The molecule has 1 aromatic carbocycles. The van der Waals surface area contributed by atoms with Gasteiger partial charge in [0.25, 0.3) is 5.69 Å². The molecule has 1 N–H and O–H groups in total. The average Bonchev–Trinajstić information content (AvgIpc) is 2.26. The summed E-state index contributed by atoms with van der Waals surface area (Å²) in [7, 11) is -3.09. The third-order valence-corrected chi connectivity index (χ3v) is 4.32. The van der Waals surface area contributed by atoms with E-state index in [-0.39, 0.29) is 11.5 Å². The molecule has 1 aromatic rings. The Kier molecular flexibility index (Phi) is 4.90. The van der Waals surface area contributed by atoms with Crippen molar-refractivity contribution in [1.29, 1.82) is 0 Å². The standard InChI is InChI=1S/C10H11NO6S2/c1-19(16,17)5-4-18-7-2-3-8(10(12)13)9(6-7)11(14)15/h2-3,6H,4-5H2,1H3,(H,12,13). The first-order chi connectivity index (χ1) is 8.70. The first-order valence-corrected chi connectivity index (χ1v) is 8.07. The summed E-state index contributed by atoms with van der Waals surface area (Å²) in [5, 5.41) is 19.5. The fourth-order valence-corrected chi connectivity index (χ4v) is 3.38. The summed E-state index contributed by atoms with van der Waals surface area (Å²) in [4.78, 5) is 21.2. The molecule has 0 heterocycles. The van der Waals surface area contributed by atoms with Crippen LogP contribution in [0.5, 0.6) is 0 Å². The number of nitro benzene ring substituents is 1. The molecule has 0 spiro atoms. The van der Waals surface area contributed by atoms with Crippen LogP contribution in [-0.4, -0.2) is 42.2 Å². The highest BCUT2D eigenvalue weighted by molar-refractivity contribution is 8.00. The lowest BCUT2D eigenvalue weighted by atomic mass is 10.2. The third-order valence-electron chi connectivity index (χ3n) is 2.12. The van der Waals surface area contributed by atoms with Crippen LogP contribution in [0, 0.1) is 10.1 Å². The lowest BCUT2D eigenvalue weighted by Crippen LogP contribution is -2.05. The molecule has 1 rings (SSSR count). The second kappa shape index (κ2) is 6.02. The number of carboxylic acids is 1. The molecule has 0 unspecified atom stereocenters. The van der Waals surface area contributed by atoms with Crippen LogP contribution in [0.25, 0.3) is 0 Å². The van der Waals surface area contributed by atoms with E-state index in [9.17, 15) is 23.3 Å². The summed E-state index contributed by atoms with van der Waals surface area (Å²) in [6, 6.07) is 3.70. The molecule has 0 atom stereocenters. The van der Waals surface area contributed by atoms with Crippen molar-refractivity contribution < 1.29 is 23.2 Å². The van der Waals surface area contributed by atoms with Crippen LogP contribution in [0.4, 0.5) is 5.69 Å². The summed E-state index contributed by atoms with van der Waals surface area (Å²) in [6.45, 7) is 0. The normalized spacial score (nSPS) is 11.2. The molecular formula is C10H11NO6S2. The summed E-state index contributed by atoms with van der Waals surface area (Å²) in [5.74, 6) is -1.17. The number of rotatable bonds is 6. The molecule has 0 fully saturated rings. The fourth-order valence-electron chi connectivity index (χ4n) is 1.24. The molecule has 9 heteroatoms. The van der Waals surface area contributed by atoms with Gasteiger partial charge in [-0.05, 0) is 12.1 Å². The average molecular weight is 305 g/mol. The second-order valence-corrected chi connectivity index (χ2v) is 7.15. The van der Waals surface area contributed by atoms with E-state index in [4.69, 9.17) is 5.11 Å². The highest BCUT2D eigenvalue weighted by atomic mass is 32.2. The molecule has 0 aliphatic heterocycles. The maximum absolute atomic E-state index is 10.9. The first kappa shape index (κ1) is 15.4. The number of carbonyl (C=O) groups is 1. The predicted molar refractivity (Wildman–Crippen MR) is 70.5 cm³/mol. The van der Waals surface area contributed by atoms with E-state index in [0.29, 0.717) is 4.90 Å². The minimum absolute atomic E-state index is 0.0495. The van der Waals surface area contributed by atoms with Gasteiger partial charge in [0.2, 0.25) is 0 Å². The van der Waals surface area contributed by atoms with Gasteiger partial charge in [-0.25, -0.2) is 13.2 Å². The quantitative estimate of drug-likeness (QED) is 0.480. The van der Waals surface area contributed by atoms with Crippen molar-refractivity contribution in [3.63, 3.8) is 0 Å². The first-order valence-electron chi connectivity index (χ1n) is 5.03. The molecule has 104 valence electrons. The number of thioether (sulfide) groups is 1. The van der Waals surface area contributed by atoms with Gasteiger partial charge < -0.3 is 5.11 Å². The minimum Gasteiger partial charge on any atom is -0.477 e. The summed E-state index contributed by atoms with van der Waals surface area (Å²) >= 11 is 1.12. The van der Waals surface area contributed by atoms with Crippen molar-refractivity contribution in [3.05, 3.63) is 33.9 Å². The Morgan fingerprint density at radius 3 is 2.58 bits per heavy atom. The van der Waals surface area contributed by atoms with Crippen LogP contribution in [-0.2, 0) is 9.84 Å². The highest BCUT2D eigenvalue weighted by Crippen LogP contribution is 2.26. The molecule has 0 radical (unpaired) electrons. The van der Waals surface area contributed by atoms with Gasteiger partial charge in [0.15, 0.2) is 0 Å². The number of nitrogens with zero attached hydrogens (tertiary/aromatic N) is 1. The van der Waals surface area contributed by atoms with Crippen molar-refractivity contribution in [2.24, 2.45) is 0 Å². The van der Waals surface area contributed by atoms with E-state index in [1.807, 2.05) is 0 Å². The van der Waals surface area contributed by atoms with Crippen LogP contribution >= 0.6 is 11.8 Å². The Balaban J connectivity index is 2.90. The van der Waals surface area contributed by atoms with Crippen molar-refractivity contribution in [3.8, 4) is 0 Å². The van der Waals surface area contributed by atoms with Gasteiger partial charge in [-0.1, -0.05) is 0 Å². The number of aromatic carboxylic acids is 1. The van der Waals surface area contributed by atoms with Crippen LogP contribution < -0.4 is 0 Å². The van der Waals surface area contributed by atoms with E-state index < -0.39 is 32.0 Å². The lowest BCUT2D eigenvalue weighted by Gasteiger charge is -2.03. The maximum Gasteiger partial charge on any atom is 0.342 e. The van der Waals surface area contributed by atoms with Gasteiger partial charge in [-0.2, -0.15) is 0 Å². The van der Waals surface area contributed by atoms with E-state index in [1.165, 1.54) is 6.07 Å². The Morgan fingerprint density at radius 2 is 2.11 bits per heavy atom. The molecule has 19 heavy (non-hydrogen) atoms. The van der Waals surface area contributed by atoms with Crippen LogP contribution in [0.15, 0.2) is 23.1 Å². The van der Waals surface area contributed by atoms with Crippen LogP contribution in [0.1, 0.15) is 10.4 Å². The number of nitro groups is 1. The SMILES string of the molecule is CS(=O)(=O)CCSc1ccc(C(=O)O)c([N+](=O)[O-])c1. The zero-order chi connectivity index (χ0) is 14.6. The topological polar surface area (TPSA) is 115 Å². The van der Waals surface area contributed by atoms with Crippen LogP contribution in [0.2, 0.25) is 0 Å². The largest absolute Gasteiger partial charge is 0.477 e. The molecule has 0 bridgehead atoms. The fraction of sp³-hybridized carbons (Fsp3) is 0.300. The van der Waals surface area contributed by atoms with Crippen molar-refractivity contribution in [2.45, 2.75) is 4.90 Å². The lowest BCUT2D eigenvalue weighted by molar-refractivity contribution is -0.385. The number of hydrogen-bond donors (Lipinski definition) is 1. The zero-order valence-corrected chi connectivity index (χ0v) is 11.5. The molecule has 0 saturated carbocycles. The van der Waals surface area contributed by atoms with Crippen molar-refractivity contribution in [1.82, 2.24) is 0 Å². The molecule has 7 nitrogen and oxygen atoms in total. The van der Waals surface area contributed by atoms with E-state index >= 15 is 0 Å². The molecule has 0 saturated heterocycles. The van der Waals surface area contributed by atoms with E-state index in [0.717, 1.165) is 30.2 Å². The third kappa shape index (κ3) is 4.87. The van der Waals surface area contributed by atoms with E-state index in [2.05, 4.69) is 0 Å². The molecular weight excluding hydrogens is 294 g/mol. The Morgan fingerprint density at radius 1 is 1.47 bits per heavy atom. The number of benzene rings is 1. The smallest absolute Gasteiger partial charge is 0.342 e. The Hall–Kier alpha value is -1.61. The van der Waals surface area contributed by atoms with Gasteiger partial charge >= 0.3 is 5.97 Å². The molecule has 0 aliphatic carbocycles. The molecule has 0 aliphatic rings. The van der Waals surface area contributed by atoms with Gasteiger partial charge in [0, 0.05) is 23.0 Å². The van der Waals surface area contributed by atoms with Gasteiger partial charge in [0.05, 0.1) is 10.7 Å². The highest BCUT2D eigenvalue weighted by Gasteiger charge is 2.20. The van der Waals surface area contributed by atoms with Crippen molar-refractivity contribution >= 4 is 33.3 Å². The maximum atomic E-state index is 10.9. The Labute approximate surface area is 113 Å². The molecule has 0 aromatic heterocycles. The minimum atomic E-state index is -3.09. The Bertz CT molecular complexity index is 610.